The zero-order valence-corrected chi connectivity index (χ0v) is 7.20. The molecule has 0 heterocycles. The molecule has 1 atom stereocenters. The molecule has 0 amide bonds. The van der Waals surface area contributed by atoms with Crippen LogP contribution in [0.4, 0.5) is 0 Å². The Kier molecular flexibility index (Phi) is 1.83. The first-order valence-electron chi connectivity index (χ1n) is 4.32. The fraction of sp³-hybridized carbons (Fsp3) is 0.167. The second kappa shape index (κ2) is 2.98. The summed E-state index contributed by atoms with van der Waals surface area (Å²) in [5, 5.41) is 0. The monoisotopic (exact) mass is 156 g/mol. The summed E-state index contributed by atoms with van der Waals surface area (Å²) >= 11 is 0. The first-order valence-corrected chi connectivity index (χ1v) is 4.32. The van der Waals surface area contributed by atoms with E-state index in [4.69, 9.17) is 0 Å². The third-order valence-corrected chi connectivity index (χ3v) is 2.13. The van der Waals surface area contributed by atoms with E-state index in [0.29, 0.717) is 5.92 Å². The maximum absolute atomic E-state index is 2.29. The Balaban J connectivity index is 2.34. The number of hydrogen-bond acceptors (Lipinski definition) is 0. The molecule has 0 saturated carbocycles. The average Bonchev–Trinajstić information content (AvgIpc) is 2.54. The zero-order valence-electron chi connectivity index (χ0n) is 7.20. The van der Waals surface area contributed by atoms with E-state index in [1.165, 1.54) is 11.1 Å². The highest BCUT2D eigenvalue weighted by atomic mass is 14.1. The van der Waals surface area contributed by atoms with E-state index < -0.39 is 0 Å². The fourth-order valence-electron chi connectivity index (χ4n) is 1.47. The van der Waals surface area contributed by atoms with Crippen LogP contribution in [0, 0.1) is 5.92 Å². The van der Waals surface area contributed by atoms with Crippen LogP contribution in [0.15, 0.2) is 48.6 Å². The summed E-state index contributed by atoms with van der Waals surface area (Å²) in [5.74, 6) is 0.597. The molecular weight excluding hydrogens is 144 g/mol. The fourth-order valence-corrected chi connectivity index (χ4v) is 1.47. The molecule has 0 heteroatoms. The smallest absolute Gasteiger partial charge is 0.00693 e. The summed E-state index contributed by atoms with van der Waals surface area (Å²) < 4.78 is 0. The second-order valence-corrected chi connectivity index (χ2v) is 3.21. The van der Waals surface area contributed by atoms with Crippen molar-refractivity contribution in [3.05, 3.63) is 54.1 Å². The van der Waals surface area contributed by atoms with Crippen LogP contribution in [0.1, 0.15) is 12.5 Å². The summed E-state index contributed by atoms with van der Waals surface area (Å²) in [5.41, 5.74) is 2.67. The predicted octanol–water partition coefficient (Wildman–Crippen LogP) is 3.28. The number of rotatable bonds is 1. The highest BCUT2D eigenvalue weighted by Crippen LogP contribution is 2.24. The lowest BCUT2D eigenvalue weighted by atomic mass is 10.1. The Hall–Kier alpha value is -1.30. The lowest BCUT2D eigenvalue weighted by Crippen LogP contribution is -1.78. The highest BCUT2D eigenvalue weighted by Gasteiger charge is 2.04. The SMILES string of the molecule is CC1C=CC(c2ccccc2)=C1. The van der Waals surface area contributed by atoms with Gasteiger partial charge in [-0.25, -0.2) is 0 Å². The molecule has 0 bridgehead atoms. The average molecular weight is 156 g/mol. The summed E-state index contributed by atoms with van der Waals surface area (Å²) in [6.07, 6.45) is 6.71. The van der Waals surface area contributed by atoms with Crippen LogP contribution in [-0.4, -0.2) is 0 Å². The summed E-state index contributed by atoms with van der Waals surface area (Å²) in [6, 6.07) is 10.5. The Bertz CT molecular complexity index is 317. The molecule has 1 unspecified atom stereocenters. The predicted molar refractivity (Wildman–Crippen MR) is 52.7 cm³/mol. The molecular formula is C12H12. The molecule has 0 spiro atoms. The van der Waals surface area contributed by atoms with Crippen LogP contribution in [-0.2, 0) is 0 Å². The van der Waals surface area contributed by atoms with E-state index >= 15 is 0 Å². The minimum Gasteiger partial charge on any atom is -0.0773 e. The van der Waals surface area contributed by atoms with Gasteiger partial charge in [0, 0.05) is 0 Å². The molecule has 0 aromatic heterocycles. The molecule has 1 aromatic carbocycles. The molecule has 0 radical (unpaired) electrons. The second-order valence-electron chi connectivity index (χ2n) is 3.21. The normalized spacial score (nSPS) is 21.1. The topological polar surface area (TPSA) is 0 Å². The van der Waals surface area contributed by atoms with Gasteiger partial charge >= 0.3 is 0 Å². The van der Waals surface area contributed by atoms with E-state index in [9.17, 15) is 0 Å². The van der Waals surface area contributed by atoms with Crippen molar-refractivity contribution in [1.82, 2.24) is 0 Å². The van der Waals surface area contributed by atoms with Crippen molar-refractivity contribution in [3.63, 3.8) is 0 Å². The molecule has 1 aliphatic rings. The van der Waals surface area contributed by atoms with Crippen LogP contribution >= 0.6 is 0 Å². The molecule has 1 aliphatic carbocycles. The van der Waals surface area contributed by atoms with Crippen molar-refractivity contribution in [2.45, 2.75) is 6.92 Å². The molecule has 0 nitrogen and oxygen atoms in total. The summed E-state index contributed by atoms with van der Waals surface area (Å²) in [6.45, 7) is 2.20. The van der Waals surface area contributed by atoms with Gasteiger partial charge in [-0.3, -0.25) is 0 Å². The first-order chi connectivity index (χ1) is 5.86. The molecule has 2 rings (SSSR count). The van der Waals surface area contributed by atoms with Crippen LogP contribution in [0.3, 0.4) is 0 Å². The van der Waals surface area contributed by atoms with E-state index in [-0.39, 0.29) is 0 Å². The van der Waals surface area contributed by atoms with Gasteiger partial charge < -0.3 is 0 Å². The van der Waals surface area contributed by atoms with Crippen molar-refractivity contribution < 1.29 is 0 Å². The molecule has 1 aromatic rings. The zero-order chi connectivity index (χ0) is 8.39. The van der Waals surface area contributed by atoms with Crippen molar-refractivity contribution in [2.24, 2.45) is 5.92 Å². The van der Waals surface area contributed by atoms with Gasteiger partial charge in [0.2, 0.25) is 0 Å². The maximum atomic E-state index is 2.29. The van der Waals surface area contributed by atoms with Gasteiger partial charge in [0.05, 0.1) is 0 Å². The van der Waals surface area contributed by atoms with E-state index in [1.807, 2.05) is 6.07 Å². The lowest BCUT2D eigenvalue weighted by molar-refractivity contribution is 0.959. The third-order valence-electron chi connectivity index (χ3n) is 2.13. The number of allylic oxidation sites excluding steroid dienone is 4. The van der Waals surface area contributed by atoms with E-state index in [1.54, 1.807) is 0 Å². The van der Waals surface area contributed by atoms with Crippen LogP contribution < -0.4 is 0 Å². The van der Waals surface area contributed by atoms with Gasteiger partial charge in [-0.2, -0.15) is 0 Å². The maximum Gasteiger partial charge on any atom is -0.00693 e. The van der Waals surface area contributed by atoms with Crippen LogP contribution in [0.5, 0.6) is 0 Å². The summed E-state index contributed by atoms with van der Waals surface area (Å²) in [7, 11) is 0. The van der Waals surface area contributed by atoms with Gasteiger partial charge in [-0.1, -0.05) is 55.5 Å². The van der Waals surface area contributed by atoms with Crippen molar-refractivity contribution in [1.29, 1.82) is 0 Å². The van der Waals surface area contributed by atoms with Gasteiger partial charge in [-0.05, 0) is 17.1 Å². The molecule has 12 heavy (non-hydrogen) atoms. The standard InChI is InChI=1S/C12H12/c1-10-7-8-12(9-10)11-5-3-2-4-6-11/h2-10H,1H3. The number of hydrogen-bond donors (Lipinski definition) is 0. The van der Waals surface area contributed by atoms with Gasteiger partial charge in [-0.15, -0.1) is 0 Å². The number of benzene rings is 1. The molecule has 0 fully saturated rings. The van der Waals surface area contributed by atoms with Gasteiger partial charge in [0.25, 0.3) is 0 Å². The Morgan fingerprint density at radius 1 is 1.08 bits per heavy atom. The van der Waals surface area contributed by atoms with E-state index in [2.05, 4.69) is 49.4 Å². The third kappa shape index (κ3) is 1.33. The van der Waals surface area contributed by atoms with Crippen molar-refractivity contribution in [2.75, 3.05) is 0 Å². The first kappa shape index (κ1) is 7.35. The van der Waals surface area contributed by atoms with Gasteiger partial charge in [0.15, 0.2) is 0 Å². The Morgan fingerprint density at radius 3 is 2.42 bits per heavy atom. The Morgan fingerprint density at radius 2 is 1.83 bits per heavy atom. The largest absolute Gasteiger partial charge is 0.0773 e. The van der Waals surface area contributed by atoms with Crippen LogP contribution in [0.2, 0.25) is 0 Å². The lowest BCUT2D eigenvalue weighted by Gasteiger charge is -1.97. The molecule has 60 valence electrons. The molecule has 0 aliphatic heterocycles. The highest BCUT2D eigenvalue weighted by molar-refractivity contribution is 5.76. The minimum atomic E-state index is 0.597. The quantitative estimate of drug-likeness (QED) is 0.585. The summed E-state index contributed by atoms with van der Waals surface area (Å²) in [4.78, 5) is 0. The van der Waals surface area contributed by atoms with E-state index in [0.717, 1.165) is 0 Å². The minimum absolute atomic E-state index is 0.597. The molecule has 0 saturated heterocycles. The van der Waals surface area contributed by atoms with Crippen LogP contribution in [0.25, 0.3) is 5.57 Å². The van der Waals surface area contributed by atoms with Crippen molar-refractivity contribution in [3.8, 4) is 0 Å². The molecule has 0 N–H and O–H groups in total. The Labute approximate surface area is 73.2 Å². The van der Waals surface area contributed by atoms with Crippen molar-refractivity contribution >= 4 is 5.57 Å². The van der Waals surface area contributed by atoms with Gasteiger partial charge in [0.1, 0.15) is 0 Å².